The van der Waals surface area contributed by atoms with Crippen LogP contribution in [0, 0.1) is 27.7 Å². The summed E-state index contributed by atoms with van der Waals surface area (Å²) in [7, 11) is 0. The Morgan fingerprint density at radius 2 is 1.08 bits per heavy atom. The highest BCUT2D eigenvalue weighted by molar-refractivity contribution is 6.29. The molecule has 0 atom stereocenters. The number of rotatable bonds is 5. The number of benzene rings is 2. The van der Waals surface area contributed by atoms with Crippen molar-refractivity contribution in [3.05, 3.63) is 58.7 Å². The zero-order valence-electron chi connectivity index (χ0n) is 22.7. The summed E-state index contributed by atoms with van der Waals surface area (Å²) in [6.45, 7) is 16.8. The molecule has 0 saturated carbocycles. The van der Waals surface area contributed by atoms with Gasteiger partial charge >= 0.3 is 0 Å². The van der Waals surface area contributed by atoms with Crippen LogP contribution in [0.25, 0.3) is 0 Å². The van der Waals surface area contributed by atoms with E-state index in [-0.39, 0.29) is 17.7 Å². The maximum atomic E-state index is 12.0. The van der Waals surface area contributed by atoms with Crippen LogP contribution < -0.4 is 26.6 Å². The Balaban J connectivity index is 0.000000220. The van der Waals surface area contributed by atoms with E-state index in [1.165, 1.54) is 0 Å². The van der Waals surface area contributed by atoms with Gasteiger partial charge in [-0.25, -0.2) is 0 Å². The fourth-order valence-corrected chi connectivity index (χ4v) is 4.12. The van der Waals surface area contributed by atoms with Crippen molar-refractivity contribution in [1.82, 2.24) is 20.9 Å². The predicted molar refractivity (Wildman–Crippen MR) is 155 cm³/mol. The van der Waals surface area contributed by atoms with Gasteiger partial charge in [0.1, 0.15) is 5.88 Å². The number of carbonyl (C=O) groups excluding carboxylic acids is 2. The molecular formula is C28H43ClN6O2. The molecular weight excluding hydrogens is 488 g/mol. The molecule has 2 aliphatic heterocycles. The molecule has 2 fully saturated rings. The number of para-hydroxylation sites is 2. The number of hydrogen-bond donors (Lipinski definition) is 5. The highest BCUT2D eigenvalue weighted by Gasteiger charge is 2.14. The van der Waals surface area contributed by atoms with Crippen LogP contribution in [0.5, 0.6) is 0 Å². The third kappa shape index (κ3) is 11.6. The first kappa shape index (κ1) is 30.7. The summed E-state index contributed by atoms with van der Waals surface area (Å²) in [6, 6.07) is 11.9. The van der Waals surface area contributed by atoms with E-state index >= 15 is 0 Å². The van der Waals surface area contributed by atoms with Crippen LogP contribution in [-0.2, 0) is 9.59 Å². The molecule has 4 rings (SSSR count). The lowest BCUT2D eigenvalue weighted by Crippen LogP contribution is -2.46. The highest BCUT2D eigenvalue weighted by atomic mass is 35.5. The fraction of sp³-hybridized carbons (Fsp3) is 0.500. The van der Waals surface area contributed by atoms with Gasteiger partial charge in [0.05, 0.1) is 6.54 Å². The van der Waals surface area contributed by atoms with Gasteiger partial charge in [0, 0.05) is 63.7 Å². The van der Waals surface area contributed by atoms with Crippen molar-refractivity contribution >= 4 is 34.8 Å². The summed E-state index contributed by atoms with van der Waals surface area (Å²) < 4.78 is 0. The zero-order chi connectivity index (χ0) is 27.0. The summed E-state index contributed by atoms with van der Waals surface area (Å²) in [5, 5.41) is 15.5. The van der Waals surface area contributed by atoms with E-state index in [1.54, 1.807) is 0 Å². The van der Waals surface area contributed by atoms with Crippen molar-refractivity contribution in [3.8, 4) is 0 Å². The summed E-state index contributed by atoms with van der Waals surface area (Å²) in [5.41, 5.74) is 6.16. The maximum Gasteiger partial charge on any atom is 0.239 e. The van der Waals surface area contributed by atoms with Crippen LogP contribution >= 0.6 is 11.6 Å². The first-order valence-corrected chi connectivity index (χ1v) is 13.5. The van der Waals surface area contributed by atoms with Crippen LogP contribution in [0.2, 0.25) is 0 Å². The average molecular weight is 531 g/mol. The SMILES string of the molecule is C1CNCCN1.Cc1cccc(C)c1NC(=O)CCl.Cc1cccc(C)c1NC(=O)CN1CCNCC1. The topological polar surface area (TPSA) is 97.5 Å². The Bertz CT molecular complexity index is 939. The molecule has 2 heterocycles. The molecule has 0 aliphatic carbocycles. The number of hydrogen-bond acceptors (Lipinski definition) is 6. The minimum absolute atomic E-state index is 0.00618. The quantitative estimate of drug-likeness (QED) is 0.381. The van der Waals surface area contributed by atoms with Crippen molar-refractivity contribution in [2.45, 2.75) is 27.7 Å². The second kappa shape index (κ2) is 17.1. The molecule has 8 nitrogen and oxygen atoms in total. The molecule has 0 aromatic heterocycles. The molecule has 5 N–H and O–H groups in total. The number of nitrogens with zero attached hydrogens (tertiary/aromatic N) is 1. The van der Waals surface area contributed by atoms with Crippen molar-refractivity contribution in [3.63, 3.8) is 0 Å². The molecule has 9 heteroatoms. The molecule has 2 aromatic carbocycles. The lowest BCUT2D eigenvalue weighted by Gasteiger charge is -2.26. The van der Waals surface area contributed by atoms with Crippen molar-refractivity contribution in [1.29, 1.82) is 0 Å². The number of nitrogens with one attached hydrogen (secondary N) is 5. The number of alkyl halides is 1. The molecule has 2 amide bonds. The number of anilines is 2. The molecule has 204 valence electrons. The number of piperazine rings is 2. The van der Waals surface area contributed by atoms with Crippen LogP contribution in [0.3, 0.4) is 0 Å². The van der Waals surface area contributed by atoms with Gasteiger partial charge < -0.3 is 26.6 Å². The Morgan fingerprint density at radius 3 is 1.46 bits per heavy atom. The summed E-state index contributed by atoms with van der Waals surface area (Å²) >= 11 is 5.39. The van der Waals surface area contributed by atoms with Gasteiger partial charge in [-0.15, -0.1) is 11.6 Å². The molecule has 0 unspecified atom stereocenters. The van der Waals surface area contributed by atoms with Crippen molar-refractivity contribution < 1.29 is 9.59 Å². The summed E-state index contributed by atoms with van der Waals surface area (Å²) in [5.74, 6) is -0.0957. The first-order chi connectivity index (χ1) is 17.8. The molecule has 2 aliphatic rings. The minimum atomic E-state index is -0.168. The molecule has 2 saturated heterocycles. The van der Waals surface area contributed by atoms with Crippen LogP contribution in [0.1, 0.15) is 22.3 Å². The second-order valence-corrected chi connectivity index (χ2v) is 9.56. The predicted octanol–water partition coefficient (Wildman–Crippen LogP) is 2.81. The Kier molecular flexibility index (Phi) is 14.2. The number of amides is 2. The highest BCUT2D eigenvalue weighted by Crippen LogP contribution is 2.20. The smallest absolute Gasteiger partial charge is 0.239 e. The minimum Gasteiger partial charge on any atom is -0.325 e. The number of carbonyl (C=O) groups is 2. The van der Waals surface area contributed by atoms with E-state index in [4.69, 9.17) is 11.6 Å². The van der Waals surface area contributed by atoms with Gasteiger partial charge in [-0.3, -0.25) is 14.5 Å². The first-order valence-electron chi connectivity index (χ1n) is 12.9. The van der Waals surface area contributed by atoms with Gasteiger partial charge in [0.15, 0.2) is 0 Å². The lowest BCUT2D eigenvalue weighted by atomic mass is 10.1. The van der Waals surface area contributed by atoms with Crippen LogP contribution in [-0.4, -0.2) is 81.5 Å². The van der Waals surface area contributed by atoms with Crippen molar-refractivity contribution in [2.75, 3.05) is 75.4 Å². The monoisotopic (exact) mass is 530 g/mol. The van der Waals surface area contributed by atoms with E-state index < -0.39 is 0 Å². The summed E-state index contributed by atoms with van der Waals surface area (Å²) in [4.78, 5) is 25.2. The maximum absolute atomic E-state index is 12.0. The third-order valence-corrected chi connectivity index (χ3v) is 6.39. The lowest BCUT2D eigenvalue weighted by molar-refractivity contribution is -0.117. The largest absolute Gasteiger partial charge is 0.325 e. The molecule has 0 radical (unpaired) electrons. The number of halogens is 1. The van der Waals surface area contributed by atoms with Gasteiger partial charge in [-0.2, -0.15) is 0 Å². The zero-order valence-corrected chi connectivity index (χ0v) is 23.4. The van der Waals surface area contributed by atoms with Crippen molar-refractivity contribution in [2.24, 2.45) is 0 Å². The fourth-order valence-electron chi connectivity index (χ4n) is 4.05. The van der Waals surface area contributed by atoms with Crippen LogP contribution in [0.15, 0.2) is 36.4 Å². The second-order valence-electron chi connectivity index (χ2n) is 9.29. The van der Waals surface area contributed by atoms with E-state index in [0.29, 0.717) is 6.54 Å². The van der Waals surface area contributed by atoms with E-state index in [2.05, 4.69) is 31.5 Å². The standard InChI is InChI=1S/C14H21N3O.C10H12ClNO.C4H10N2/c1-11-4-3-5-12(2)14(11)16-13(18)10-17-8-6-15-7-9-17;1-7-4-3-5-8(2)10(7)12-9(13)6-11;1-2-6-4-3-5-1/h3-5,15H,6-10H2,1-2H3,(H,16,18);3-5H,6H2,1-2H3,(H,12,13);5-6H,1-4H2. The Labute approximate surface area is 226 Å². The van der Waals surface area contributed by atoms with Gasteiger partial charge in [0.25, 0.3) is 0 Å². The van der Waals surface area contributed by atoms with E-state index in [0.717, 1.165) is 86.0 Å². The molecule has 2 aromatic rings. The molecule has 0 spiro atoms. The van der Waals surface area contributed by atoms with Gasteiger partial charge in [-0.1, -0.05) is 36.4 Å². The third-order valence-electron chi connectivity index (χ3n) is 6.15. The Hall–Kier alpha value is -2.49. The normalized spacial score (nSPS) is 15.4. The Morgan fingerprint density at radius 1 is 0.703 bits per heavy atom. The van der Waals surface area contributed by atoms with Gasteiger partial charge in [-0.05, 0) is 49.9 Å². The number of aryl methyl sites for hydroxylation is 4. The van der Waals surface area contributed by atoms with Gasteiger partial charge in [0.2, 0.25) is 11.8 Å². The average Bonchev–Trinajstić information content (AvgIpc) is 2.91. The summed E-state index contributed by atoms with van der Waals surface area (Å²) in [6.07, 6.45) is 0. The van der Waals surface area contributed by atoms with E-state index in [1.807, 2.05) is 64.1 Å². The van der Waals surface area contributed by atoms with E-state index in [9.17, 15) is 9.59 Å². The molecule has 0 bridgehead atoms. The molecule has 37 heavy (non-hydrogen) atoms. The van der Waals surface area contributed by atoms with Crippen LogP contribution in [0.4, 0.5) is 11.4 Å².